The second kappa shape index (κ2) is 8.23. The Balaban J connectivity index is 1.99. The number of nitrogens with one attached hydrogen (secondary N) is 1. The number of aromatic nitrogens is 2. The first-order valence-electron chi connectivity index (χ1n) is 6.52. The highest BCUT2D eigenvalue weighted by Gasteiger charge is 1.99. The molecule has 0 spiro atoms. The fourth-order valence-corrected chi connectivity index (χ4v) is 1.90. The molecule has 0 atom stereocenters. The van der Waals surface area contributed by atoms with E-state index in [4.69, 9.17) is 0 Å². The highest BCUT2D eigenvalue weighted by Crippen LogP contribution is 2.02. The largest absolute Gasteiger partial charge is 0.317 e. The molecule has 17 heavy (non-hydrogen) atoms. The minimum Gasteiger partial charge on any atom is -0.317 e. The molecule has 0 saturated carbocycles. The van der Waals surface area contributed by atoms with Gasteiger partial charge >= 0.3 is 0 Å². The Morgan fingerprint density at radius 2 is 1.94 bits per heavy atom. The first kappa shape index (κ1) is 14.2. The SMILES string of the molecule is Cc1cc(C)n(CCCNCCCCCF)n1. The maximum atomic E-state index is 11.8. The molecule has 3 nitrogen and oxygen atoms in total. The molecule has 0 unspecified atom stereocenters. The van der Waals surface area contributed by atoms with Gasteiger partial charge in [0.2, 0.25) is 0 Å². The Labute approximate surface area is 103 Å². The van der Waals surface area contributed by atoms with Gasteiger partial charge in [-0.25, -0.2) is 0 Å². The Hall–Kier alpha value is -0.900. The minimum absolute atomic E-state index is 0.183. The van der Waals surface area contributed by atoms with Crippen molar-refractivity contribution in [2.45, 2.75) is 46.1 Å². The first-order chi connectivity index (χ1) is 8.24. The standard InChI is InChI=1S/C13H24FN3/c1-12-11-13(2)17(16-12)10-6-9-15-8-5-3-4-7-14/h11,15H,3-10H2,1-2H3. The molecule has 0 fully saturated rings. The van der Waals surface area contributed by atoms with Crippen molar-refractivity contribution in [2.24, 2.45) is 0 Å². The minimum atomic E-state index is -0.183. The van der Waals surface area contributed by atoms with Crippen LogP contribution in [0, 0.1) is 13.8 Å². The lowest BCUT2D eigenvalue weighted by Gasteiger charge is -2.06. The molecule has 1 aromatic heterocycles. The van der Waals surface area contributed by atoms with Crippen LogP contribution in [-0.4, -0.2) is 29.5 Å². The predicted molar refractivity (Wildman–Crippen MR) is 69.0 cm³/mol. The van der Waals surface area contributed by atoms with Crippen molar-refractivity contribution in [1.82, 2.24) is 15.1 Å². The van der Waals surface area contributed by atoms with Gasteiger partial charge in [-0.05, 0) is 58.7 Å². The van der Waals surface area contributed by atoms with Gasteiger partial charge in [-0.15, -0.1) is 0 Å². The van der Waals surface area contributed by atoms with Crippen molar-refractivity contribution in [3.63, 3.8) is 0 Å². The van der Waals surface area contributed by atoms with Crippen LogP contribution in [0.5, 0.6) is 0 Å². The summed E-state index contributed by atoms with van der Waals surface area (Å²) in [6.45, 7) is 6.90. The van der Waals surface area contributed by atoms with Crippen molar-refractivity contribution < 1.29 is 4.39 Å². The van der Waals surface area contributed by atoms with Crippen LogP contribution in [0.1, 0.15) is 37.1 Å². The summed E-state index contributed by atoms with van der Waals surface area (Å²) in [4.78, 5) is 0. The van der Waals surface area contributed by atoms with Crippen LogP contribution >= 0.6 is 0 Å². The zero-order valence-corrected chi connectivity index (χ0v) is 11.0. The fourth-order valence-electron chi connectivity index (χ4n) is 1.90. The van der Waals surface area contributed by atoms with Gasteiger partial charge in [0.1, 0.15) is 0 Å². The lowest BCUT2D eigenvalue weighted by molar-refractivity contribution is 0.450. The van der Waals surface area contributed by atoms with E-state index >= 15 is 0 Å². The molecule has 0 radical (unpaired) electrons. The molecule has 0 amide bonds. The van der Waals surface area contributed by atoms with E-state index in [2.05, 4.69) is 28.1 Å². The molecule has 1 aromatic rings. The van der Waals surface area contributed by atoms with E-state index in [1.54, 1.807) is 0 Å². The summed E-state index contributed by atoms with van der Waals surface area (Å²) in [6.07, 6.45) is 3.85. The molecule has 0 saturated heterocycles. The zero-order chi connectivity index (χ0) is 12.5. The molecule has 1 heterocycles. The van der Waals surface area contributed by atoms with E-state index in [9.17, 15) is 4.39 Å². The lowest BCUT2D eigenvalue weighted by atomic mass is 10.2. The van der Waals surface area contributed by atoms with Crippen molar-refractivity contribution in [1.29, 1.82) is 0 Å². The van der Waals surface area contributed by atoms with Gasteiger partial charge in [0.15, 0.2) is 0 Å². The molecular formula is C13H24FN3. The maximum absolute atomic E-state index is 11.8. The van der Waals surface area contributed by atoms with Gasteiger partial charge < -0.3 is 5.32 Å². The molecule has 0 bridgehead atoms. The third kappa shape index (κ3) is 5.82. The predicted octanol–water partition coefficient (Wildman–Crippen LogP) is 2.62. The average molecular weight is 241 g/mol. The maximum Gasteiger partial charge on any atom is 0.0894 e. The van der Waals surface area contributed by atoms with E-state index in [1.807, 2.05) is 6.92 Å². The van der Waals surface area contributed by atoms with Gasteiger partial charge in [0, 0.05) is 12.2 Å². The monoisotopic (exact) mass is 241 g/mol. The number of alkyl halides is 1. The van der Waals surface area contributed by atoms with Gasteiger partial charge in [0.05, 0.1) is 12.4 Å². The van der Waals surface area contributed by atoms with E-state index in [0.29, 0.717) is 6.42 Å². The fraction of sp³-hybridized carbons (Fsp3) is 0.769. The van der Waals surface area contributed by atoms with Gasteiger partial charge in [-0.1, -0.05) is 0 Å². The number of aryl methyl sites for hydroxylation is 3. The van der Waals surface area contributed by atoms with Crippen LogP contribution in [0.25, 0.3) is 0 Å². The van der Waals surface area contributed by atoms with E-state index in [1.165, 1.54) is 5.69 Å². The Morgan fingerprint density at radius 3 is 2.59 bits per heavy atom. The molecule has 98 valence electrons. The van der Waals surface area contributed by atoms with Gasteiger partial charge in [0.25, 0.3) is 0 Å². The second-order valence-electron chi connectivity index (χ2n) is 4.50. The van der Waals surface area contributed by atoms with E-state index < -0.39 is 0 Å². The molecule has 0 aromatic carbocycles. The number of halogens is 1. The summed E-state index contributed by atoms with van der Waals surface area (Å²) in [6, 6.07) is 2.10. The molecule has 0 aliphatic heterocycles. The van der Waals surface area contributed by atoms with Crippen LogP contribution in [0.4, 0.5) is 4.39 Å². The second-order valence-corrected chi connectivity index (χ2v) is 4.50. The van der Waals surface area contributed by atoms with Crippen molar-refractivity contribution >= 4 is 0 Å². The number of hydrogen-bond acceptors (Lipinski definition) is 2. The number of hydrogen-bond donors (Lipinski definition) is 1. The molecule has 4 heteroatoms. The smallest absolute Gasteiger partial charge is 0.0894 e. The van der Waals surface area contributed by atoms with Crippen LogP contribution in [0.2, 0.25) is 0 Å². The summed E-state index contributed by atoms with van der Waals surface area (Å²) in [5.41, 5.74) is 2.31. The summed E-state index contributed by atoms with van der Waals surface area (Å²) in [5.74, 6) is 0. The third-order valence-corrected chi connectivity index (χ3v) is 2.81. The quantitative estimate of drug-likeness (QED) is 0.674. The summed E-state index contributed by atoms with van der Waals surface area (Å²) < 4.78 is 13.9. The number of rotatable bonds is 9. The van der Waals surface area contributed by atoms with Crippen LogP contribution in [-0.2, 0) is 6.54 Å². The number of nitrogens with zero attached hydrogens (tertiary/aromatic N) is 2. The molecule has 1 rings (SSSR count). The van der Waals surface area contributed by atoms with Crippen molar-refractivity contribution in [3.8, 4) is 0 Å². The van der Waals surface area contributed by atoms with Crippen molar-refractivity contribution in [2.75, 3.05) is 19.8 Å². The first-order valence-corrected chi connectivity index (χ1v) is 6.52. The van der Waals surface area contributed by atoms with Crippen LogP contribution in [0.3, 0.4) is 0 Å². The third-order valence-electron chi connectivity index (χ3n) is 2.81. The summed E-state index contributed by atoms with van der Waals surface area (Å²) in [7, 11) is 0. The van der Waals surface area contributed by atoms with E-state index in [-0.39, 0.29) is 6.67 Å². The molecular weight excluding hydrogens is 217 g/mol. The normalized spacial score (nSPS) is 11.0. The molecule has 1 N–H and O–H groups in total. The Kier molecular flexibility index (Phi) is 6.86. The van der Waals surface area contributed by atoms with E-state index in [0.717, 1.165) is 44.6 Å². The average Bonchev–Trinajstić information content (AvgIpc) is 2.61. The highest BCUT2D eigenvalue weighted by atomic mass is 19.1. The summed E-state index contributed by atoms with van der Waals surface area (Å²) in [5, 5.41) is 7.79. The topological polar surface area (TPSA) is 29.9 Å². The Morgan fingerprint density at radius 1 is 1.18 bits per heavy atom. The lowest BCUT2D eigenvalue weighted by Crippen LogP contribution is -2.18. The number of unbranched alkanes of at least 4 members (excludes halogenated alkanes) is 2. The Bertz CT molecular complexity index is 310. The zero-order valence-electron chi connectivity index (χ0n) is 11.0. The van der Waals surface area contributed by atoms with Gasteiger partial charge in [-0.3, -0.25) is 9.07 Å². The molecule has 0 aliphatic carbocycles. The highest BCUT2D eigenvalue weighted by molar-refractivity contribution is 5.06. The van der Waals surface area contributed by atoms with Gasteiger partial charge in [-0.2, -0.15) is 5.10 Å². The van der Waals surface area contributed by atoms with Crippen molar-refractivity contribution in [3.05, 3.63) is 17.5 Å². The summed E-state index contributed by atoms with van der Waals surface area (Å²) >= 11 is 0. The van der Waals surface area contributed by atoms with Crippen LogP contribution < -0.4 is 5.32 Å². The van der Waals surface area contributed by atoms with Crippen LogP contribution in [0.15, 0.2) is 6.07 Å². The molecule has 0 aliphatic rings.